The summed E-state index contributed by atoms with van der Waals surface area (Å²) in [5, 5.41) is 0. The van der Waals surface area contributed by atoms with Crippen molar-refractivity contribution in [1.29, 1.82) is 0 Å². The van der Waals surface area contributed by atoms with E-state index in [9.17, 15) is 8.78 Å². The van der Waals surface area contributed by atoms with Crippen LogP contribution >= 0.6 is 0 Å². The van der Waals surface area contributed by atoms with Crippen LogP contribution in [0, 0.1) is 42.4 Å². The quantitative estimate of drug-likeness (QED) is 0.350. The van der Waals surface area contributed by atoms with Crippen molar-refractivity contribution in [2.75, 3.05) is 13.2 Å². The number of rotatable bonds is 5. The number of hydrogen-bond donors (Lipinski definition) is 1. The Morgan fingerprint density at radius 3 is 2.20 bits per heavy atom. The van der Waals surface area contributed by atoms with E-state index in [-0.39, 0.29) is 44.0 Å². The largest absolute Gasteiger partial charge is 0.486 e. The van der Waals surface area contributed by atoms with Crippen LogP contribution in [0.1, 0.15) is 76.6 Å². The summed E-state index contributed by atoms with van der Waals surface area (Å²) in [6.07, 6.45) is 7.73. The van der Waals surface area contributed by atoms with E-state index < -0.39 is 12.5 Å². The van der Waals surface area contributed by atoms with Gasteiger partial charge >= 0.3 is 0 Å². The number of alkyl halides is 2. The summed E-state index contributed by atoms with van der Waals surface area (Å²) in [7, 11) is 0. The normalized spacial score (nSPS) is 19.4. The summed E-state index contributed by atoms with van der Waals surface area (Å²) in [4.78, 5) is 4.05. The Hall–Kier alpha value is -0.438. The van der Waals surface area contributed by atoms with Crippen molar-refractivity contribution in [3.63, 3.8) is 0 Å². The monoisotopic (exact) mass is 652 g/mol. The zero-order chi connectivity index (χ0) is 22.8. The van der Waals surface area contributed by atoms with Gasteiger partial charge in [-0.3, -0.25) is 4.99 Å². The number of halogens is 2. The standard InChI is InChI=1S/C12H21N.C10H15F2NO.C2H6.U.H2/c1-8-6-10(12(3,4)5)7-11(8)9(2)13;1-3-8-4-9(6-13-5-8)14-7-10(2,11)12;1-2;;/h7,9H,6,13H2,1-5H3;4,6,8H,3,5,7H2,1-2H3;1-2H3;;1H. The summed E-state index contributed by atoms with van der Waals surface area (Å²) >= 11 is 0. The van der Waals surface area contributed by atoms with E-state index in [0.29, 0.717) is 11.7 Å². The van der Waals surface area contributed by atoms with E-state index in [0.717, 1.165) is 26.3 Å². The van der Waals surface area contributed by atoms with Crippen molar-refractivity contribution < 1.29 is 46.1 Å². The van der Waals surface area contributed by atoms with Crippen LogP contribution in [0.4, 0.5) is 8.78 Å². The Balaban J connectivity index is -0.000000442. The fraction of sp³-hybridized carbons (Fsp3) is 0.708. The third kappa shape index (κ3) is 12.4. The van der Waals surface area contributed by atoms with Gasteiger partial charge in [-0.25, -0.2) is 8.78 Å². The van der Waals surface area contributed by atoms with E-state index in [1.807, 2.05) is 26.8 Å². The molecular formula is C24H44F2N2OU. The van der Waals surface area contributed by atoms with Crippen LogP contribution in [0.2, 0.25) is 0 Å². The molecule has 0 saturated carbocycles. The molecule has 0 amide bonds. The first-order valence-electron chi connectivity index (χ1n) is 10.7. The summed E-state index contributed by atoms with van der Waals surface area (Å²) in [6.45, 7) is 18.0. The summed E-state index contributed by atoms with van der Waals surface area (Å²) in [5.74, 6) is -2.00. The number of dihydropyridines is 1. The molecule has 174 valence electrons. The van der Waals surface area contributed by atoms with Crippen molar-refractivity contribution in [2.24, 2.45) is 22.1 Å². The molecule has 0 saturated heterocycles. The van der Waals surface area contributed by atoms with Gasteiger partial charge in [-0.05, 0) is 43.8 Å². The molecule has 2 aliphatic rings. The van der Waals surface area contributed by atoms with Crippen LogP contribution in [0.25, 0.3) is 0 Å². The fourth-order valence-electron chi connectivity index (χ4n) is 2.90. The van der Waals surface area contributed by atoms with E-state index >= 15 is 0 Å². The number of hydrogen-bond acceptors (Lipinski definition) is 3. The van der Waals surface area contributed by atoms with Gasteiger partial charge in [0.2, 0.25) is 0 Å². The number of ether oxygens (including phenoxy) is 1. The molecule has 3 nitrogen and oxygen atoms in total. The van der Waals surface area contributed by atoms with Crippen molar-refractivity contribution in [1.82, 2.24) is 0 Å². The summed E-state index contributed by atoms with van der Waals surface area (Å²) in [5.41, 5.74) is 10.5. The van der Waals surface area contributed by atoms with Gasteiger partial charge in [-0.1, -0.05) is 58.8 Å². The van der Waals surface area contributed by atoms with Gasteiger partial charge in [0.25, 0.3) is 5.92 Å². The number of nitrogens with two attached hydrogens (primary N) is 1. The Morgan fingerprint density at radius 1 is 1.27 bits per heavy atom. The zero-order valence-electron chi connectivity index (χ0n) is 20.4. The molecule has 6 heteroatoms. The first-order chi connectivity index (χ1) is 13.3. The molecule has 0 aromatic rings. The number of nitrogens with zero attached hydrogens (tertiary/aromatic N) is 1. The Labute approximate surface area is 208 Å². The Morgan fingerprint density at radius 2 is 1.83 bits per heavy atom. The van der Waals surface area contributed by atoms with E-state index in [2.05, 4.69) is 45.7 Å². The van der Waals surface area contributed by atoms with Crippen molar-refractivity contribution in [3.8, 4) is 0 Å². The molecule has 0 bridgehead atoms. The molecule has 1 aliphatic heterocycles. The van der Waals surface area contributed by atoms with Gasteiger partial charge < -0.3 is 10.5 Å². The van der Waals surface area contributed by atoms with Gasteiger partial charge in [-0.2, -0.15) is 0 Å². The zero-order valence-corrected chi connectivity index (χ0v) is 24.6. The topological polar surface area (TPSA) is 47.6 Å². The smallest absolute Gasteiger partial charge is 0.278 e. The maximum atomic E-state index is 12.5. The van der Waals surface area contributed by atoms with Crippen LogP contribution in [0.5, 0.6) is 0 Å². The van der Waals surface area contributed by atoms with Gasteiger partial charge in [0.05, 0.1) is 6.21 Å². The maximum absolute atomic E-state index is 12.5. The van der Waals surface area contributed by atoms with E-state index in [1.165, 1.54) is 22.9 Å². The van der Waals surface area contributed by atoms with Crippen LogP contribution in [-0.2, 0) is 4.74 Å². The second-order valence-corrected chi connectivity index (χ2v) is 8.71. The van der Waals surface area contributed by atoms with Crippen molar-refractivity contribution in [2.45, 2.75) is 87.1 Å². The molecule has 0 aromatic heterocycles. The number of aliphatic imine (C=N–C) groups is 1. The second-order valence-electron chi connectivity index (χ2n) is 8.71. The molecule has 0 radical (unpaired) electrons. The third-order valence-corrected chi connectivity index (χ3v) is 4.71. The van der Waals surface area contributed by atoms with Crippen molar-refractivity contribution in [3.05, 3.63) is 34.6 Å². The van der Waals surface area contributed by atoms with Gasteiger partial charge in [0.15, 0.2) is 6.61 Å². The Kier molecular flexibility index (Phi) is 15.4. The first-order valence-corrected chi connectivity index (χ1v) is 10.7. The third-order valence-electron chi connectivity index (χ3n) is 4.71. The minimum absolute atomic E-state index is 0. The minimum Gasteiger partial charge on any atom is -0.486 e. The molecule has 2 atom stereocenters. The SMILES string of the molecule is CC.CC1=C(C(C)N)C=C(C(C)(C)C)C1.CCC1C=C(OCC(C)(F)F)C=NC1.[HH].[U]. The summed E-state index contributed by atoms with van der Waals surface area (Å²) < 4.78 is 29.9. The van der Waals surface area contributed by atoms with Gasteiger partial charge in [0.1, 0.15) is 5.76 Å². The average Bonchev–Trinajstić information content (AvgIpc) is 3.04. The molecule has 1 heterocycles. The van der Waals surface area contributed by atoms with Crippen LogP contribution < -0.4 is 5.73 Å². The maximum Gasteiger partial charge on any atom is 0.278 e. The average molecular weight is 653 g/mol. The fourth-order valence-corrected chi connectivity index (χ4v) is 2.90. The molecular weight excluding hydrogens is 608 g/mol. The van der Waals surface area contributed by atoms with Crippen molar-refractivity contribution >= 4 is 6.21 Å². The van der Waals surface area contributed by atoms with E-state index in [4.69, 9.17) is 10.5 Å². The number of allylic oxidation sites excluding steroid dienone is 3. The first kappa shape index (κ1) is 31.7. The van der Waals surface area contributed by atoms with Crippen LogP contribution in [0.15, 0.2) is 39.6 Å². The molecule has 0 fully saturated rings. The minimum atomic E-state index is -2.78. The molecule has 2 rings (SSSR count). The molecule has 0 spiro atoms. The summed E-state index contributed by atoms with van der Waals surface area (Å²) in [6, 6.07) is 0.180. The predicted octanol–water partition coefficient (Wildman–Crippen LogP) is 6.95. The molecule has 0 aromatic carbocycles. The molecule has 1 aliphatic carbocycles. The van der Waals surface area contributed by atoms with E-state index in [1.54, 1.807) is 0 Å². The van der Waals surface area contributed by atoms with Crippen LogP contribution in [0.3, 0.4) is 0 Å². The predicted molar refractivity (Wildman–Crippen MR) is 124 cm³/mol. The molecule has 2 N–H and O–H groups in total. The molecule has 30 heavy (non-hydrogen) atoms. The molecule has 2 unspecified atom stereocenters. The van der Waals surface area contributed by atoms with Crippen LogP contribution in [-0.4, -0.2) is 31.3 Å². The Bertz CT molecular complexity index is 630. The second kappa shape index (κ2) is 14.6. The van der Waals surface area contributed by atoms with Gasteiger partial charge in [0, 0.05) is 58.0 Å². The van der Waals surface area contributed by atoms with Gasteiger partial charge in [-0.15, -0.1) is 0 Å².